The van der Waals surface area contributed by atoms with Crippen LogP contribution < -0.4 is 10.6 Å². The lowest BCUT2D eigenvalue weighted by molar-refractivity contribution is 0.563. The maximum absolute atomic E-state index is 8.39. The second kappa shape index (κ2) is 13.2. The van der Waals surface area contributed by atoms with Crippen molar-refractivity contribution >= 4 is 11.4 Å². The molecule has 0 bridgehead atoms. The number of rotatable bonds is 13. The van der Waals surface area contributed by atoms with E-state index in [0.29, 0.717) is 11.4 Å². The lowest BCUT2D eigenvalue weighted by Gasteiger charge is -2.07. The Morgan fingerprint density at radius 1 is 0.607 bits per heavy atom. The maximum Gasteiger partial charge on any atom is 0.0375 e. The third-order valence-electron chi connectivity index (χ3n) is 4.31. The van der Waals surface area contributed by atoms with Crippen LogP contribution in [-0.4, -0.2) is 13.1 Å². The standard InChI is InChI=1S/C20H26N8/c21-27-25-19-9-5-17(6-10-19)15-23-13-3-1-2-4-14-24-16-18-7-11-20(12-8-18)26-28-22/h5-12,23-24H,1-4,13-16H2. The monoisotopic (exact) mass is 378 g/mol. The predicted molar refractivity (Wildman–Crippen MR) is 112 cm³/mol. The zero-order valence-corrected chi connectivity index (χ0v) is 16.0. The highest BCUT2D eigenvalue weighted by Gasteiger charge is 1.96. The van der Waals surface area contributed by atoms with Crippen LogP contribution in [0.3, 0.4) is 0 Å². The Hall–Kier alpha value is -3.02. The van der Waals surface area contributed by atoms with Crippen LogP contribution >= 0.6 is 0 Å². The summed E-state index contributed by atoms with van der Waals surface area (Å²) in [7, 11) is 0. The van der Waals surface area contributed by atoms with E-state index in [1.807, 2.05) is 48.5 Å². The Morgan fingerprint density at radius 2 is 1.00 bits per heavy atom. The van der Waals surface area contributed by atoms with Gasteiger partial charge in [-0.1, -0.05) is 71.6 Å². The summed E-state index contributed by atoms with van der Waals surface area (Å²) >= 11 is 0. The van der Waals surface area contributed by atoms with Gasteiger partial charge in [0.05, 0.1) is 0 Å². The van der Waals surface area contributed by atoms with Gasteiger partial charge >= 0.3 is 0 Å². The van der Waals surface area contributed by atoms with E-state index in [0.717, 1.165) is 39.0 Å². The quantitative estimate of drug-likeness (QED) is 0.192. The summed E-state index contributed by atoms with van der Waals surface area (Å²) < 4.78 is 0. The SMILES string of the molecule is [N-]=[N+]=Nc1ccc(CNCCCCCCNCc2ccc(N=[N+]=[N-])cc2)cc1. The predicted octanol–water partition coefficient (Wildman–Crippen LogP) is 6.01. The number of nitrogens with one attached hydrogen (secondary N) is 2. The highest BCUT2D eigenvalue weighted by atomic mass is 15.1. The van der Waals surface area contributed by atoms with Crippen LogP contribution in [0, 0.1) is 0 Å². The summed E-state index contributed by atoms with van der Waals surface area (Å²) in [5.74, 6) is 0. The molecule has 0 aliphatic carbocycles. The summed E-state index contributed by atoms with van der Waals surface area (Å²) in [6.07, 6.45) is 4.76. The van der Waals surface area contributed by atoms with Crippen molar-refractivity contribution < 1.29 is 0 Å². The summed E-state index contributed by atoms with van der Waals surface area (Å²) in [5, 5.41) is 14.0. The van der Waals surface area contributed by atoms with Gasteiger partial charge in [0, 0.05) is 34.3 Å². The largest absolute Gasteiger partial charge is 0.313 e. The molecule has 0 amide bonds. The Balaban J connectivity index is 1.45. The van der Waals surface area contributed by atoms with E-state index < -0.39 is 0 Å². The molecule has 8 nitrogen and oxygen atoms in total. The van der Waals surface area contributed by atoms with Crippen LogP contribution in [0.25, 0.3) is 20.9 Å². The van der Waals surface area contributed by atoms with E-state index in [1.165, 1.54) is 24.0 Å². The molecule has 28 heavy (non-hydrogen) atoms. The molecule has 2 rings (SSSR count). The first-order valence-electron chi connectivity index (χ1n) is 9.51. The fraction of sp³-hybridized carbons (Fsp3) is 0.400. The third kappa shape index (κ3) is 8.58. The first-order valence-corrected chi connectivity index (χ1v) is 9.51. The van der Waals surface area contributed by atoms with Gasteiger partial charge in [-0.3, -0.25) is 0 Å². The minimum absolute atomic E-state index is 0.644. The number of hydrogen-bond donors (Lipinski definition) is 2. The zero-order chi connectivity index (χ0) is 19.9. The molecule has 2 N–H and O–H groups in total. The normalized spacial score (nSPS) is 10.1. The van der Waals surface area contributed by atoms with Crippen LogP contribution in [0.4, 0.5) is 11.4 Å². The van der Waals surface area contributed by atoms with Crippen molar-refractivity contribution in [3.8, 4) is 0 Å². The fourth-order valence-corrected chi connectivity index (χ4v) is 2.78. The first-order chi connectivity index (χ1) is 13.8. The summed E-state index contributed by atoms with van der Waals surface area (Å²) in [5.41, 5.74) is 20.4. The summed E-state index contributed by atoms with van der Waals surface area (Å²) in [6.45, 7) is 3.67. The topological polar surface area (TPSA) is 122 Å². The molecule has 146 valence electrons. The molecule has 0 aromatic heterocycles. The van der Waals surface area contributed by atoms with Gasteiger partial charge in [-0.25, -0.2) is 0 Å². The minimum Gasteiger partial charge on any atom is -0.313 e. The Labute approximate surface area is 165 Å². The number of hydrogen-bond acceptors (Lipinski definition) is 4. The van der Waals surface area contributed by atoms with Crippen molar-refractivity contribution in [2.75, 3.05) is 13.1 Å². The number of unbranched alkanes of at least 4 members (excludes halogenated alkanes) is 3. The number of nitrogens with zero attached hydrogens (tertiary/aromatic N) is 6. The lowest BCUT2D eigenvalue weighted by Crippen LogP contribution is -2.15. The van der Waals surface area contributed by atoms with Crippen LogP contribution in [-0.2, 0) is 13.1 Å². The smallest absolute Gasteiger partial charge is 0.0375 e. The zero-order valence-electron chi connectivity index (χ0n) is 16.0. The molecule has 8 heteroatoms. The van der Waals surface area contributed by atoms with Gasteiger partial charge < -0.3 is 10.6 Å². The molecule has 0 heterocycles. The van der Waals surface area contributed by atoms with E-state index in [9.17, 15) is 0 Å². The first kappa shape index (κ1) is 21.3. The van der Waals surface area contributed by atoms with Crippen molar-refractivity contribution in [3.63, 3.8) is 0 Å². The van der Waals surface area contributed by atoms with Gasteiger partial charge in [-0.2, -0.15) is 0 Å². The van der Waals surface area contributed by atoms with Crippen molar-refractivity contribution in [1.29, 1.82) is 0 Å². The summed E-state index contributed by atoms with van der Waals surface area (Å²) in [6, 6.07) is 15.2. The van der Waals surface area contributed by atoms with E-state index in [2.05, 4.69) is 30.7 Å². The second-order valence-electron chi connectivity index (χ2n) is 6.48. The highest BCUT2D eigenvalue weighted by molar-refractivity contribution is 5.39. The number of azide groups is 2. The molecule has 0 saturated carbocycles. The average molecular weight is 378 g/mol. The molecular formula is C20H26N8. The van der Waals surface area contributed by atoms with E-state index in [-0.39, 0.29) is 0 Å². The average Bonchev–Trinajstić information content (AvgIpc) is 2.72. The van der Waals surface area contributed by atoms with Crippen molar-refractivity contribution in [2.24, 2.45) is 10.2 Å². The van der Waals surface area contributed by atoms with Gasteiger partial charge in [0.15, 0.2) is 0 Å². The minimum atomic E-state index is 0.644. The molecule has 0 fully saturated rings. The van der Waals surface area contributed by atoms with E-state index >= 15 is 0 Å². The van der Waals surface area contributed by atoms with Gasteiger partial charge in [-0.15, -0.1) is 0 Å². The van der Waals surface area contributed by atoms with Crippen LogP contribution in [0.5, 0.6) is 0 Å². The molecule has 2 aromatic rings. The van der Waals surface area contributed by atoms with E-state index in [1.54, 1.807) is 0 Å². The van der Waals surface area contributed by atoms with Gasteiger partial charge in [-0.05, 0) is 48.1 Å². The molecule has 0 aliphatic rings. The van der Waals surface area contributed by atoms with Gasteiger partial charge in [0.1, 0.15) is 0 Å². The molecule has 0 aliphatic heterocycles. The molecular weight excluding hydrogens is 352 g/mol. The number of benzene rings is 2. The van der Waals surface area contributed by atoms with Crippen molar-refractivity contribution in [3.05, 3.63) is 80.5 Å². The van der Waals surface area contributed by atoms with Gasteiger partial charge in [0.2, 0.25) is 0 Å². The molecule has 0 atom stereocenters. The second-order valence-corrected chi connectivity index (χ2v) is 6.48. The molecule has 0 saturated heterocycles. The van der Waals surface area contributed by atoms with Crippen LogP contribution in [0.15, 0.2) is 58.8 Å². The maximum atomic E-state index is 8.39. The van der Waals surface area contributed by atoms with Crippen LogP contribution in [0.1, 0.15) is 36.8 Å². The van der Waals surface area contributed by atoms with Gasteiger partial charge in [0.25, 0.3) is 0 Å². The molecule has 0 radical (unpaired) electrons. The Kier molecular flexibility index (Phi) is 10.0. The Bertz CT molecular complexity index is 718. The highest BCUT2D eigenvalue weighted by Crippen LogP contribution is 2.13. The fourth-order valence-electron chi connectivity index (χ4n) is 2.78. The Morgan fingerprint density at radius 3 is 1.36 bits per heavy atom. The summed E-state index contributed by atoms with van der Waals surface area (Å²) in [4.78, 5) is 5.55. The van der Waals surface area contributed by atoms with Crippen LogP contribution in [0.2, 0.25) is 0 Å². The molecule has 0 unspecified atom stereocenters. The van der Waals surface area contributed by atoms with E-state index in [4.69, 9.17) is 11.1 Å². The van der Waals surface area contributed by atoms with Crippen molar-refractivity contribution in [1.82, 2.24) is 10.6 Å². The molecule has 0 spiro atoms. The molecule has 2 aromatic carbocycles. The third-order valence-corrected chi connectivity index (χ3v) is 4.31. The lowest BCUT2D eigenvalue weighted by atomic mass is 10.1. The van der Waals surface area contributed by atoms with Crippen molar-refractivity contribution in [2.45, 2.75) is 38.8 Å².